The molecule has 0 spiro atoms. The number of aryl methyl sites for hydroxylation is 1. The fourth-order valence-corrected chi connectivity index (χ4v) is 0.739. The molecule has 0 aliphatic carbocycles. The number of nitrogens with zero attached hydrogens (tertiary/aromatic N) is 3. The first-order chi connectivity index (χ1) is 5.43. The molecule has 0 aromatic carbocycles. The molecule has 0 radical (unpaired) electrons. The summed E-state index contributed by atoms with van der Waals surface area (Å²) in [4.78, 5) is 0. The van der Waals surface area contributed by atoms with Gasteiger partial charge in [-0.05, 0) is 12.6 Å². The molecule has 0 amide bonds. The van der Waals surface area contributed by atoms with Gasteiger partial charge < -0.3 is 5.32 Å². The Balaban J connectivity index is 2.09. The molecule has 0 saturated carbocycles. The van der Waals surface area contributed by atoms with Crippen molar-refractivity contribution >= 4 is 0 Å². The first kappa shape index (κ1) is 7.71. The van der Waals surface area contributed by atoms with E-state index in [1.165, 1.54) is 0 Å². The van der Waals surface area contributed by atoms with Crippen molar-refractivity contribution in [2.75, 3.05) is 6.54 Å². The van der Waals surface area contributed by atoms with Gasteiger partial charge in [0.05, 0.1) is 0 Å². The van der Waals surface area contributed by atoms with Crippen molar-refractivity contribution in [1.82, 2.24) is 25.9 Å². The number of aromatic nitrogens is 4. The van der Waals surface area contributed by atoms with Crippen LogP contribution in [0.1, 0.15) is 12.2 Å². The van der Waals surface area contributed by atoms with Gasteiger partial charge in [-0.25, -0.2) is 0 Å². The van der Waals surface area contributed by atoms with Crippen molar-refractivity contribution in [2.24, 2.45) is 0 Å². The molecule has 1 aromatic heterocycles. The Morgan fingerprint density at radius 2 is 2.55 bits per heavy atom. The van der Waals surface area contributed by atoms with Crippen molar-refractivity contribution in [1.29, 1.82) is 0 Å². The lowest BCUT2D eigenvalue weighted by molar-refractivity contribution is 0.725. The third-order valence-corrected chi connectivity index (χ3v) is 1.26. The predicted molar refractivity (Wildman–Crippen MR) is 40.7 cm³/mol. The molecule has 0 unspecified atom stereocenters. The van der Waals surface area contributed by atoms with Crippen LogP contribution in [0.4, 0.5) is 0 Å². The van der Waals surface area contributed by atoms with Crippen LogP contribution in [0.3, 0.4) is 0 Å². The molecule has 0 atom stereocenters. The number of nitrogens with one attached hydrogen (secondary N) is 2. The number of hydrogen-bond donors (Lipinski definition) is 2. The van der Waals surface area contributed by atoms with Crippen molar-refractivity contribution in [2.45, 2.75) is 12.8 Å². The second kappa shape index (κ2) is 4.43. The number of rotatable bonds is 5. The maximum atomic E-state index is 3.81. The SMILES string of the molecule is C=CNCCCc1nn[nH]n1. The standard InChI is InChI=1S/C6H11N5/c1-2-7-5-3-4-6-8-10-11-9-6/h2,7H,1,3-5H2,(H,8,9,10,11). The first-order valence-corrected chi connectivity index (χ1v) is 3.50. The Morgan fingerprint density at radius 1 is 1.64 bits per heavy atom. The van der Waals surface area contributed by atoms with E-state index in [4.69, 9.17) is 0 Å². The van der Waals surface area contributed by atoms with Gasteiger partial charge in [-0.2, -0.15) is 5.21 Å². The average Bonchev–Trinajstić information content (AvgIpc) is 2.50. The van der Waals surface area contributed by atoms with Gasteiger partial charge in [0, 0.05) is 13.0 Å². The lowest BCUT2D eigenvalue weighted by Crippen LogP contribution is -2.07. The topological polar surface area (TPSA) is 66.5 Å². The van der Waals surface area contributed by atoms with Gasteiger partial charge in [0.1, 0.15) is 0 Å². The summed E-state index contributed by atoms with van der Waals surface area (Å²) >= 11 is 0. The molecule has 11 heavy (non-hydrogen) atoms. The van der Waals surface area contributed by atoms with E-state index in [-0.39, 0.29) is 0 Å². The Labute approximate surface area is 64.9 Å². The Kier molecular flexibility index (Phi) is 3.11. The molecular formula is C6H11N5. The Morgan fingerprint density at radius 3 is 3.18 bits per heavy atom. The normalized spacial score (nSPS) is 9.45. The molecule has 1 heterocycles. The number of H-pyrrole nitrogens is 1. The minimum Gasteiger partial charge on any atom is -0.391 e. The van der Waals surface area contributed by atoms with E-state index < -0.39 is 0 Å². The summed E-state index contributed by atoms with van der Waals surface area (Å²) in [6.07, 6.45) is 3.51. The zero-order chi connectivity index (χ0) is 7.94. The highest BCUT2D eigenvalue weighted by Gasteiger charge is 1.95. The van der Waals surface area contributed by atoms with E-state index in [0.717, 1.165) is 25.2 Å². The average molecular weight is 153 g/mol. The fourth-order valence-electron chi connectivity index (χ4n) is 0.739. The molecule has 0 bridgehead atoms. The predicted octanol–water partition coefficient (Wildman–Crippen LogP) is -0.135. The highest BCUT2D eigenvalue weighted by Crippen LogP contribution is 1.89. The van der Waals surface area contributed by atoms with Crippen LogP contribution in [0, 0.1) is 0 Å². The smallest absolute Gasteiger partial charge is 0.174 e. The van der Waals surface area contributed by atoms with Crippen molar-refractivity contribution < 1.29 is 0 Å². The summed E-state index contributed by atoms with van der Waals surface area (Å²) in [5.74, 6) is 0.760. The lowest BCUT2D eigenvalue weighted by atomic mass is 10.3. The molecule has 1 rings (SSSR count). The van der Waals surface area contributed by atoms with Gasteiger partial charge in [0.2, 0.25) is 0 Å². The van der Waals surface area contributed by atoms with E-state index in [2.05, 4.69) is 32.5 Å². The molecule has 60 valence electrons. The van der Waals surface area contributed by atoms with Crippen LogP contribution >= 0.6 is 0 Å². The van der Waals surface area contributed by atoms with Crippen LogP contribution in [-0.2, 0) is 6.42 Å². The molecule has 0 aliphatic heterocycles. The molecule has 1 aromatic rings. The van der Waals surface area contributed by atoms with Crippen LogP contribution in [0.2, 0.25) is 0 Å². The number of aromatic amines is 1. The van der Waals surface area contributed by atoms with Crippen molar-refractivity contribution in [3.8, 4) is 0 Å². The largest absolute Gasteiger partial charge is 0.391 e. The van der Waals surface area contributed by atoms with Crippen LogP contribution in [0.15, 0.2) is 12.8 Å². The van der Waals surface area contributed by atoms with E-state index in [0.29, 0.717) is 0 Å². The van der Waals surface area contributed by atoms with E-state index in [1.807, 2.05) is 0 Å². The zero-order valence-corrected chi connectivity index (χ0v) is 6.25. The van der Waals surface area contributed by atoms with Gasteiger partial charge in [-0.15, -0.1) is 10.2 Å². The zero-order valence-electron chi connectivity index (χ0n) is 6.25. The molecule has 0 saturated heterocycles. The van der Waals surface area contributed by atoms with Crippen LogP contribution in [-0.4, -0.2) is 27.2 Å². The Hall–Kier alpha value is -1.39. The summed E-state index contributed by atoms with van der Waals surface area (Å²) in [5, 5.41) is 16.5. The third-order valence-electron chi connectivity index (χ3n) is 1.26. The molecule has 5 heteroatoms. The summed E-state index contributed by atoms with van der Waals surface area (Å²) in [5.41, 5.74) is 0. The maximum absolute atomic E-state index is 3.81. The highest BCUT2D eigenvalue weighted by molar-refractivity contribution is 4.76. The maximum Gasteiger partial charge on any atom is 0.174 e. The van der Waals surface area contributed by atoms with Crippen LogP contribution in [0.5, 0.6) is 0 Å². The summed E-state index contributed by atoms with van der Waals surface area (Å²) < 4.78 is 0. The highest BCUT2D eigenvalue weighted by atomic mass is 15.5. The van der Waals surface area contributed by atoms with E-state index in [1.54, 1.807) is 6.20 Å². The van der Waals surface area contributed by atoms with E-state index in [9.17, 15) is 0 Å². The minimum atomic E-state index is 0.760. The molecular weight excluding hydrogens is 142 g/mol. The van der Waals surface area contributed by atoms with Gasteiger partial charge in [-0.1, -0.05) is 11.8 Å². The Bertz CT molecular complexity index is 193. The number of hydrogen-bond acceptors (Lipinski definition) is 4. The van der Waals surface area contributed by atoms with Gasteiger partial charge in [0.15, 0.2) is 5.82 Å². The second-order valence-corrected chi connectivity index (χ2v) is 2.09. The first-order valence-electron chi connectivity index (χ1n) is 3.50. The minimum absolute atomic E-state index is 0.760. The monoisotopic (exact) mass is 153 g/mol. The van der Waals surface area contributed by atoms with Crippen molar-refractivity contribution in [3.05, 3.63) is 18.6 Å². The second-order valence-electron chi connectivity index (χ2n) is 2.09. The van der Waals surface area contributed by atoms with E-state index >= 15 is 0 Å². The van der Waals surface area contributed by atoms with Gasteiger partial charge >= 0.3 is 0 Å². The summed E-state index contributed by atoms with van der Waals surface area (Å²) in [6.45, 7) is 4.44. The molecule has 0 aliphatic rings. The number of tetrazole rings is 1. The fraction of sp³-hybridized carbons (Fsp3) is 0.500. The van der Waals surface area contributed by atoms with Gasteiger partial charge in [-0.3, -0.25) is 0 Å². The lowest BCUT2D eigenvalue weighted by Gasteiger charge is -1.95. The van der Waals surface area contributed by atoms with Crippen molar-refractivity contribution in [3.63, 3.8) is 0 Å². The summed E-state index contributed by atoms with van der Waals surface area (Å²) in [7, 11) is 0. The van der Waals surface area contributed by atoms with Gasteiger partial charge in [0.25, 0.3) is 0 Å². The van der Waals surface area contributed by atoms with Crippen LogP contribution < -0.4 is 5.32 Å². The summed E-state index contributed by atoms with van der Waals surface area (Å²) in [6, 6.07) is 0. The molecule has 0 fully saturated rings. The van der Waals surface area contributed by atoms with Crippen LogP contribution in [0.25, 0.3) is 0 Å². The third kappa shape index (κ3) is 2.79. The quantitative estimate of drug-likeness (QED) is 0.578. The molecule has 5 nitrogen and oxygen atoms in total. The molecule has 2 N–H and O–H groups in total.